The predicted molar refractivity (Wildman–Crippen MR) is 250 cm³/mol. The molecule has 7 aromatic carbocycles. The largest absolute Gasteiger partial charge is 0.324 e. The second kappa shape index (κ2) is 17.4. The zero-order chi connectivity index (χ0) is 42.6. The minimum atomic E-state index is -0.869. The Kier molecular flexibility index (Phi) is 10.9. The average Bonchev–Trinajstić information content (AvgIpc) is 3.97. The van der Waals surface area contributed by atoms with Gasteiger partial charge in [0, 0.05) is 43.9 Å². The van der Waals surface area contributed by atoms with Crippen LogP contribution in [0.2, 0.25) is 0 Å². The summed E-state index contributed by atoms with van der Waals surface area (Å²) in [5.41, 5.74) is 10.5. The Morgan fingerprint density at radius 3 is 1.83 bits per heavy atom. The Balaban J connectivity index is 0.992. The normalized spacial score (nSPS) is 13.2. The minimum Gasteiger partial charge on any atom is -0.323 e. The van der Waals surface area contributed by atoms with Crippen LogP contribution < -0.4 is 4.90 Å². The fourth-order valence-electron chi connectivity index (χ4n) is 9.28. The van der Waals surface area contributed by atoms with Gasteiger partial charge >= 0.3 is 6.03 Å². The summed E-state index contributed by atoms with van der Waals surface area (Å²) >= 11 is 0. The van der Waals surface area contributed by atoms with E-state index in [0.717, 1.165) is 92.9 Å². The molecule has 3 heterocycles. The third kappa shape index (κ3) is 7.45. The molecule has 0 bridgehead atoms. The zero-order valence-electron chi connectivity index (χ0n) is 35.3. The van der Waals surface area contributed by atoms with E-state index in [1.807, 2.05) is 63.0 Å². The number of hydrogen-bond donors (Lipinski definition) is 0. The molecule has 1 fully saturated rings. The van der Waals surface area contributed by atoms with Gasteiger partial charge in [0.25, 0.3) is 0 Å². The van der Waals surface area contributed by atoms with Gasteiger partial charge in [0.15, 0.2) is 5.82 Å². The maximum absolute atomic E-state index is 13.9. The van der Waals surface area contributed by atoms with Crippen LogP contribution in [0.4, 0.5) is 10.5 Å². The van der Waals surface area contributed by atoms with Crippen molar-refractivity contribution in [3.05, 3.63) is 222 Å². The second-order valence-electron chi connectivity index (χ2n) is 16.2. The van der Waals surface area contributed by atoms with E-state index in [0.29, 0.717) is 25.5 Å². The number of imidazole rings is 1. The van der Waals surface area contributed by atoms with E-state index in [1.54, 1.807) is 0 Å². The SMILES string of the molecule is CCCc1nc2ccc(N3CCCN(Cc4ccccc4)C3=O)cc2n1Cc1ccc(-c2ccccc2-c2nnnn2C(c2ccccc2)(c2ccccc2)c2ccccc2)cc1. The van der Waals surface area contributed by atoms with Crippen molar-refractivity contribution in [1.82, 2.24) is 34.7 Å². The summed E-state index contributed by atoms with van der Waals surface area (Å²) < 4.78 is 4.32. The summed E-state index contributed by atoms with van der Waals surface area (Å²) in [6.07, 6.45) is 2.74. The predicted octanol–water partition coefficient (Wildman–Crippen LogP) is 11.0. The summed E-state index contributed by atoms with van der Waals surface area (Å²) in [6.45, 7) is 4.88. The van der Waals surface area contributed by atoms with E-state index in [-0.39, 0.29) is 6.03 Å². The third-order valence-corrected chi connectivity index (χ3v) is 12.3. The van der Waals surface area contributed by atoms with Crippen LogP contribution in [0.1, 0.15) is 53.4 Å². The number of nitrogens with zero attached hydrogens (tertiary/aromatic N) is 8. The maximum Gasteiger partial charge on any atom is 0.324 e. The van der Waals surface area contributed by atoms with E-state index >= 15 is 0 Å². The molecule has 9 nitrogen and oxygen atoms in total. The van der Waals surface area contributed by atoms with Gasteiger partial charge in [0.1, 0.15) is 11.4 Å². The molecule has 0 atom stereocenters. The molecular formula is C54H48N8O. The molecular weight excluding hydrogens is 777 g/mol. The van der Waals surface area contributed by atoms with Gasteiger partial charge in [-0.3, -0.25) is 4.90 Å². The van der Waals surface area contributed by atoms with Crippen molar-refractivity contribution in [2.24, 2.45) is 0 Å². The fraction of sp³-hybridized carbons (Fsp3) is 0.167. The first kappa shape index (κ1) is 39.5. The van der Waals surface area contributed by atoms with Crippen LogP contribution in [0, 0.1) is 0 Å². The molecule has 2 amide bonds. The molecule has 0 aliphatic carbocycles. The summed E-state index contributed by atoms with van der Waals surface area (Å²) in [4.78, 5) is 22.9. The minimum absolute atomic E-state index is 0.0417. The molecule has 310 valence electrons. The molecule has 2 aromatic heterocycles. The monoisotopic (exact) mass is 824 g/mol. The van der Waals surface area contributed by atoms with E-state index in [4.69, 9.17) is 15.3 Å². The van der Waals surface area contributed by atoms with Gasteiger partial charge < -0.3 is 9.47 Å². The van der Waals surface area contributed by atoms with Gasteiger partial charge in [-0.2, -0.15) is 0 Å². The lowest BCUT2D eigenvalue weighted by Gasteiger charge is -2.36. The lowest BCUT2D eigenvalue weighted by Crippen LogP contribution is -2.49. The summed E-state index contributed by atoms with van der Waals surface area (Å²) in [7, 11) is 0. The van der Waals surface area contributed by atoms with Crippen LogP contribution in [-0.4, -0.2) is 53.8 Å². The number of rotatable bonds is 13. The smallest absolute Gasteiger partial charge is 0.323 e. The fourth-order valence-corrected chi connectivity index (χ4v) is 9.28. The Labute approximate surface area is 367 Å². The molecule has 0 saturated carbocycles. The Morgan fingerprint density at radius 2 is 1.19 bits per heavy atom. The number of benzene rings is 7. The molecule has 9 heteroatoms. The van der Waals surface area contributed by atoms with Crippen LogP contribution in [0.25, 0.3) is 33.5 Å². The van der Waals surface area contributed by atoms with Crippen molar-refractivity contribution in [3.8, 4) is 22.5 Å². The Hall–Kier alpha value is -7.65. The quantitative estimate of drug-likeness (QED) is 0.108. The van der Waals surface area contributed by atoms with Crippen LogP contribution in [0.3, 0.4) is 0 Å². The molecule has 1 saturated heterocycles. The van der Waals surface area contributed by atoms with Gasteiger partial charge in [0.2, 0.25) is 0 Å². The molecule has 1 aliphatic heterocycles. The maximum atomic E-state index is 13.9. The van der Waals surface area contributed by atoms with E-state index in [1.165, 1.54) is 0 Å². The number of aryl methyl sites for hydroxylation is 1. The topological polar surface area (TPSA) is 85.0 Å². The zero-order valence-corrected chi connectivity index (χ0v) is 35.3. The Bertz CT molecular complexity index is 2870. The van der Waals surface area contributed by atoms with Crippen LogP contribution in [0.15, 0.2) is 188 Å². The Morgan fingerprint density at radius 1 is 0.603 bits per heavy atom. The second-order valence-corrected chi connectivity index (χ2v) is 16.2. The standard InChI is InChI=1S/C54H48N8O/c1-2-18-51-55-49-34-33-46(60-36-17-35-59(53(60)63)38-40-19-7-3-8-20-40)37-50(49)61(51)39-41-29-31-42(32-30-41)47-27-15-16-28-48(47)52-56-57-58-62(52)54(43-21-9-4-10-22-43,44-23-11-5-12-24-44)45-25-13-6-14-26-45/h3-16,19-34,37H,2,17-18,35-36,38-39H2,1H3. The molecule has 10 rings (SSSR count). The van der Waals surface area contributed by atoms with Crippen LogP contribution in [0.5, 0.6) is 0 Å². The van der Waals surface area contributed by atoms with Gasteiger partial charge in [0.05, 0.1) is 11.0 Å². The van der Waals surface area contributed by atoms with Gasteiger partial charge in [-0.1, -0.05) is 177 Å². The summed E-state index contributed by atoms with van der Waals surface area (Å²) in [5.74, 6) is 1.70. The number of fused-ring (bicyclic) bond motifs is 1. The van der Waals surface area contributed by atoms with Crippen molar-refractivity contribution in [2.75, 3.05) is 18.0 Å². The number of amides is 2. The van der Waals surface area contributed by atoms with Crippen LogP contribution in [-0.2, 0) is 25.0 Å². The molecule has 63 heavy (non-hydrogen) atoms. The highest BCUT2D eigenvalue weighted by Crippen LogP contribution is 2.43. The highest BCUT2D eigenvalue weighted by atomic mass is 16.2. The van der Waals surface area contributed by atoms with E-state index in [2.05, 4.69) is 156 Å². The van der Waals surface area contributed by atoms with E-state index in [9.17, 15) is 4.79 Å². The van der Waals surface area contributed by atoms with Crippen molar-refractivity contribution in [3.63, 3.8) is 0 Å². The molecule has 0 spiro atoms. The van der Waals surface area contributed by atoms with Gasteiger partial charge in [-0.05, 0) is 80.4 Å². The van der Waals surface area contributed by atoms with E-state index < -0.39 is 5.54 Å². The number of carbonyl (C=O) groups is 1. The third-order valence-electron chi connectivity index (χ3n) is 12.3. The van der Waals surface area contributed by atoms with Gasteiger partial charge in [-0.25, -0.2) is 14.5 Å². The molecule has 9 aromatic rings. The highest BCUT2D eigenvalue weighted by Gasteiger charge is 2.42. The van der Waals surface area contributed by atoms with Crippen molar-refractivity contribution in [2.45, 2.75) is 44.8 Å². The van der Waals surface area contributed by atoms with Crippen molar-refractivity contribution >= 4 is 22.8 Å². The number of carbonyl (C=O) groups excluding carboxylic acids is 1. The number of tetrazole rings is 1. The average molecular weight is 825 g/mol. The highest BCUT2D eigenvalue weighted by molar-refractivity contribution is 5.95. The number of urea groups is 1. The first-order valence-corrected chi connectivity index (χ1v) is 21.9. The lowest BCUT2D eigenvalue weighted by atomic mass is 9.77. The first-order chi connectivity index (χ1) is 31.1. The number of aromatic nitrogens is 6. The molecule has 0 radical (unpaired) electrons. The summed E-state index contributed by atoms with van der Waals surface area (Å²) in [5, 5.41) is 14.0. The number of anilines is 1. The summed E-state index contributed by atoms with van der Waals surface area (Å²) in [6, 6.07) is 65.2. The van der Waals surface area contributed by atoms with Crippen molar-refractivity contribution < 1.29 is 4.79 Å². The van der Waals surface area contributed by atoms with Gasteiger partial charge in [-0.15, -0.1) is 5.10 Å². The van der Waals surface area contributed by atoms with Crippen molar-refractivity contribution in [1.29, 1.82) is 0 Å². The number of hydrogen-bond acceptors (Lipinski definition) is 5. The lowest BCUT2D eigenvalue weighted by molar-refractivity contribution is 0.192. The molecule has 0 unspecified atom stereocenters. The molecule has 1 aliphatic rings. The first-order valence-electron chi connectivity index (χ1n) is 21.9. The molecule has 0 N–H and O–H groups in total. The van der Waals surface area contributed by atoms with Crippen LogP contribution >= 0.6 is 0 Å².